The molecule has 2 nitrogen and oxygen atoms in total. The first-order valence-corrected chi connectivity index (χ1v) is 8.06. The van der Waals surface area contributed by atoms with E-state index in [1.54, 1.807) is 0 Å². The summed E-state index contributed by atoms with van der Waals surface area (Å²) in [6, 6.07) is 23.6. The van der Waals surface area contributed by atoms with E-state index in [1.807, 2.05) is 0 Å². The maximum atomic E-state index is 4.82. The summed E-state index contributed by atoms with van der Waals surface area (Å²) in [6.07, 6.45) is 2.41. The molecule has 1 aliphatic heterocycles. The first-order chi connectivity index (χ1) is 10.9. The second kappa shape index (κ2) is 5.80. The van der Waals surface area contributed by atoms with Crippen LogP contribution in [0.15, 0.2) is 66.7 Å². The Morgan fingerprint density at radius 2 is 1.50 bits per heavy atom. The molecule has 0 radical (unpaired) electrons. The van der Waals surface area contributed by atoms with E-state index in [0.717, 1.165) is 24.4 Å². The van der Waals surface area contributed by atoms with Crippen LogP contribution in [-0.4, -0.2) is 18.1 Å². The molecule has 0 spiro atoms. The Kier molecular flexibility index (Phi) is 3.51. The molecule has 2 aromatic carbocycles. The minimum Gasteiger partial charge on any atom is -0.357 e. The first-order valence-electron chi connectivity index (χ1n) is 8.06. The van der Waals surface area contributed by atoms with Crippen LogP contribution in [0.3, 0.4) is 0 Å². The van der Waals surface area contributed by atoms with E-state index in [2.05, 4.69) is 71.6 Å². The third-order valence-electron chi connectivity index (χ3n) is 4.67. The lowest BCUT2D eigenvalue weighted by Crippen LogP contribution is -2.33. The lowest BCUT2D eigenvalue weighted by molar-refractivity contribution is 0.503. The van der Waals surface area contributed by atoms with Crippen molar-refractivity contribution in [3.63, 3.8) is 0 Å². The lowest BCUT2D eigenvalue weighted by Gasteiger charge is -2.33. The van der Waals surface area contributed by atoms with Crippen molar-refractivity contribution < 1.29 is 0 Å². The zero-order valence-corrected chi connectivity index (χ0v) is 12.7. The number of anilines is 1. The number of aromatic nitrogens is 1. The molecule has 0 aliphatic carbocycles. The lowest BCUT2D eigenvalue weighted by atomic mass is 9.89. The van der Waals surface area contributed by atoms with Crippen LogP contribution in [0, 0.1) is 0 Å². The van der Waals surface area contributed by atoms with Gasteiger partial charge in [-0.25, -0.2) is 4.98 Å². The first kappa shape index (κ1) is 13.3. The molecule has 1 aromatic heterocycles. The summed E-state index contributed by atoms with van der Waals surface area (Å²) in [6.45, 7) is 2.18. The van der Waals surface area contributed by atoms with Crippen LogP contribution in [0.4, 0.5) is 5.82 Å². The molecule has 0 N–H and O–H groups in total. The van der Waals surface area contributed by atoms with Gasteiger partial charge in [0, 0.05) is 18.5 Å². The summed E-state index contributed by atoms with van der Waals surface area (Å²) >= 11 is 0. The van der Waals surface area contributed by atoms with Crippen LogP contribution in [-0.2, 0) is 0 Å². The van der Waals surface area contributed by atoms with Gasteiger partial charge in [0.2, 0.25) is 0 Å². The molecule has 1 fully saturated rings. The Balaban J connectivity index is 1.50. The van der Waals surface area contributed by atoms with E-state index in [0.29, 0.717) is 5.92 Å². The predicted molar refractivity (Wildman–Crippen MR) is 92.4 cm³/mol. The number of piperidine rings is 1. The van der Waals surface area contributed by atoms with Crippen molar-refractivity contribution in [1.29, 1.82) is 0 Å². The molecule has 2 heteroatoms. The minimum atomic E-state index is 0.693. The fourth-order valence-corrected chi connectivity index (χ4v) is 3.40. The van der Waals surface area contributed by atoms with Crippen LogP contribution in [0.1, 0.15) is 24.3 Å². The largest absolute Gasteiger partial charge is 0.357 e. The number of pyridine rings is 1. The molecule has 1 aliphatic rings. The molecule has 2 heterocycles. The van der Waals surface area contributed by atoms with E-state index >= 15 is 0 Å². The smallest absolute Gasteiger partial charge is 0.129 e. The second-order valence-corrected chi connectivity index (χ2v) is 6.03. The molecule has 0 bridgehead atoms. The molecule has 0 unspecified atom stereocenters. The summed E-state index contributed by atoms with van der Waals surface area (Å²) in [7, 11) is 0. The summed E-state index contributed by atoms with van der Waals surface area (Å²) in [5, 5.41) is 1.21. The Bertz CT molecular complexity index is 759. The summed E-state index contributed by atoms with van der Waals surface area (Å²) in [5.41, 5.74) is 2.57. The third-order valence-corrected chi connectivity index (χ3v) is 4.67. The van der Waals surface area contributed by atoms with E-state index in [4.69, 9.17) is 4.98 Å². The number of rotatable bonds is 2. The SMILES string of the molecule is c1ccc(C2CCN(c3ccc4ccccc4n3)CC2)cc1. The highest BCUT2D eigenvalue weighted by molar-refractivity contribution is 5.80. The number of para-hydroxylation sites is 1. The number of nitrogens with zero attached hydrogens (tertiary/aromatic N) is 2. The zero-order chi connectivity index (χ0) is 14.8. The van der Waals surface area contributed by atoms with Gasteiger partial charge in [0.15, 0.2) is 0 Å². The molecule has 0 amide bonds. The van der Waals surface area contributed by atoms with Gasteiger partial charge >= 0.3 is 0 Å². The number of fused-ring (bicyclic) bond motifs is 1. The van der Waals surface area contributed by atoms with E-state index in [-0.39, 0.29) is 0 Å². The zero-order valence-electron chi connectivity index (χ0n) is 12.7. The van der Waals surface area contributed by atoms with Crippen molar-refractivity contribution in [1.82, 2.24) is 4.98 Å². The Morgan fingerprint density at radius 1 is 0.773 bits per heavy atom. The van der Waals surface area contributed by atoms with Crippen LogP contribution in [0.2, 0.25) is 0 Å². The molecule has 4 rings (SSSR count). The van der Waals surface area contributed by atoms with Gasteiger partial charge in [-0.1, -0.05) is 48.5 Å². The fraction of sp³-hybridized carbons (Fsp3) is 0.250. The molecular weight excluding hydrogens is 268 g/mol. The van der Waals surface area contributed by atoms with Crippen molar-refractivity contribution in [2.75, 3.05) is 18.0 Å². The van der Waals surface area contributed by atoms with Gasteiger partial charge in [-0.3, -0.25) is 0 Å². The Labute approximate surface area is 131 Å². The molecule has 3 aromatic rings. The Hall–Kier alpha value is -2.35. The summed E-state index contributed by atoms with van der Waals surface area (Å²) in [4.78, 5) is 7.25. The van der Waals surface area contributed by atoms with Crippen LogP contribution in [0.5, 0.6) is 0 Å². The quantitative estimate of drug-likeness (QED) is 0.684. The predicted octanol–water partition coefficient (Wildman–Crippen LogP) is 4.62. The average molecular weight is 288 g/mol. The highest BCUT2D eigenvalue weighted by Crippen LogP contribution is 2.30. The average Bonchev–Trinajstić information content (AvgIpc) is 2.62. The summed E-state index contributed by atoms with van der Waals surface area (Å²) in [5.74, 6) is 1.81. The van der Waals surface area contributed by atoms with Gasteiger partial charge in [-0.2, -0.15) is 0 Å². The topological polar surface area (TPSA) is 16.1 Å². The van der Waals surface area contributed by atoms with Crippen molar-refractivity contribution in [2.45, 2.75) is 18.8 Å². The highest BCUT2D eigenvalue weighted by atomic mass is 15.2. The van der Waals surface area contributed by atoms with Crippen molar-refractivity contribution >= 4 is 16.7 Å². The number of hydrogen-bond acceptors (Lipinski definition) is 2. The monoisotopic (exact) mass is 288 g/mol. The second-order valence-electron chi connectivity index (χ2n) is 6.03. The van der Waals surface area contributed by atoms with Crippen LogP contribution in [0.25, 0.3) is 10.9 Å². The maximum absolute atomic E-state index is 4.82. The van der Waals surface area contributed by atoms with E-state index < -0.39 is 0 Å². The van der Waals surface area contributed by atoms with Gasteiger partial charge in [-0.15, -0.1) is 0 Å². The van der Waals surface area contributed by atoms with Crippen molar-refractivity contribution in [3.8, 4) is 0 Å². The van der Waals surface area contributed by atoms with Gasteiger partial charge < -0.3 is 4.90 Å². The van der Waals surface area contributed by atoms with Crippen LogP contribution < -0.4 is 4.90 Å². The molecular formula is C20H20N2. The van der Waals surface area contributed by atoms with Crippen molar-refractivity contribution in [3.05, 3.63) is 72.3 Å². The molecule has 22 heavy (non-hydrogen) atoms. The Morgan fingerprint density at radius 3 is 2.32 bits per heavy atom. The van der Waals surface area contributed by atoms with Gasteiger partial charge in [0.25, 0.3) is 0 Å². The molecule has 1 saturated heterocycles. The normalized spacial score (nSPS) is 16.1. The number of hydrogen-bond donors (Lipinski definition) is 0. The standard InChI is InChI=1S/C20H20N2/c1-2-6-16(7-3-1)17-12-14-22(15-13-17)20-11-10-18-8-4-5-9-19(18)21-20/h1-11,17H,12-15H2. The number of benzene rings is 2. The fourth-order valence-electron chi connectivity index (χ4n) is 3.40. The van der Waals surface area contributed by atoms with E-state index in [1.165, 1.54) is 23.8 Å². The minimum absolute atomic E-state index is 0.693. The highest BCUT2D eigenvalue weighted by Gasteiger charge is 2.21. The van der Waals surface area contributed by atoms with Gasteiger partial charge in [0.05, 0.1) is 5.52 Å². The van der Waals surface area contributed by atoms with Gasteiger partial charge in [0.1, 0.15) is 5.82 Å². The third kappa shape index (κ3) is 2.57. The van der Waals surface area contributed by atoms with E-state index in [9.17, 15) is 0 Å². The molecule has 0 saturated carbocycles. The molecule has 0 atom stereocenters. The van der Waals surface area contributed by atoms with Gasteiger partial charge in [-0.05, 0) is 42.5 Å². The molecule has 110 valence electrons. The maximum Gasteiger partial charge on any atom is 0.129 e. The van der Waals surface area contributed by atoms with Crippen molar-refractivity contribution in [2.24, 2.45) is 0 Å². The summed E-state index contributed by atoms with van der Waals surface area (Å²) < 4.78 is 0. The van der Waals surface area contributed by atoms with Crippen LogP contribution >= 0.6 is 0 Å².